The summed E-state index contributed by atoms with van der Waals surface area (Å²) in [7, 11) is 0. The van der Waals surface area contributed by atoms with Crippen molar-refractivity contribution >= 4 is 22.6 Å². The molecule has 0 spiro atoms. The first-order valence-electron chi connectivity index (χ1n) is 4.49. The lowest BCUT2D eigenvalue weighted by Gasteiger charge is -2.06. The van der Waals surface area contributed by atoms with Gasteiger partial charge in [-0.05, 0) is 46.9 Å². The standard InChI is InChI=1S/C12H6F3I/c13-9-2-1-3-10(14)12(9)8-5-4-7(16)6-11(8)15/h1-6H. The van der Waals surface area contributed by atoms with Gasteiger partial charge >= 0.3 is 0 Å². The zero-order valence-corrected chi connectivity index (χ0v) is 10.1. The van der Waals surface area contributed by atoms with E-state index in [4.69, 9.17) is 0 Å². The number of halogens is 4. The molecule has 0 fully saturated rings. The Morgan fingerprint density at radius 1 is 0.812 bits per heavy atom. The van der Waals surface area contributed by atoms with Crippen LogP contribution < -0.4 is 0 Å². The first kappa shape index (κ1) is 11.4. The second kappa shape index (κ2) is 4.45. The van der Waals surface area contributed by atoms with Crippen LogP contribution in [0.5, 0.6) is 0 Å². The SMILES string of the molecule is Fc1cc(I)ccc1-c1c(F)cccc1F. The Kier molecular flexibility index (Phi) is 3.18. The number of benzene rings is 2. The highest BCUT2D eigenvalue weighted by molar-refractivity contribution is 14.1. The average molecular weight is 334 g/mol. The molecule has 2 aromatic rings. The molecule has 0 saturated carbocycles. The van der Waals surface area contributed by atoms with Gasteiger partial charge in [0.1, 0.15) is 17.5 Å². The van der Waals surface area contributed by atoms with Crippen molar-refractivity contribution in [3.05, 3.63) is 57.4 Å². The highest BCUT2D eigenvalue weighted by Crippen LogP contribution is 2.28. The molecular weight excluding hydrogens is 328 g/mol. The van der Waals surface area contributed by atoms with Gasteiger partial charge in [0.25, 0.3) is 0 Å². The summed E-state index contributed by atoms with van der Waals surface area (Å²) in [5.74, 6) is -2.16. The van der Waals surface area contributed by atoms with Gasteiger partial charge in [-0.15, -0.1) is 0 Å². The summed E-state index contributed by atoms with van der Waals surface area (Å²) in [5.41, 5.74) is -0.382. The maximum Gasteiger partial charge on any atom is 0.134 e. The van der Waals surface area contributed by atoms with Crippen LogP contribution in [0, 0.1) is 21.0 Å². The molecule has 0 N–H and O–H groups in total. The Balaban J connectivity index is 2.68. The average Bonchev–Trinajstić information content (AvgIpc) is 2.20. The first-order chi connectivity index (χ1) is 7.59. The van der Waals surface area contributed by atoms with Gasteiger partial charge in [-0.2, -0.15) is 0 Å². The molecular formula is C12H6F3I. The summed E-state index contributed by atoms with van der Waals surface area (Å²) in [5, 5.41) is 0. The molecule has 0 amide bonds. The van der Waals surface area contributed by atoms with E-state index in [9.17, 15) is 13.2 Å². The number of hydrogen-bond acceptors (Lipinski definition) is 0. The van der Waals surface area contributed by atoms with Crippen LogP contribution in [0.1, 0.15) is 0 Å². The van der Waals surface area contributed by atoms with E-state index in [2.05, 4.69) is 0 Å². The molecule has 0 aliphatic carbocycles. The highest BCUT2D eigenvalue weighted by Gasteiger charge is 2.14. The second-order valence-corrected chi connectivity index (χ2v) is 4.47. The fourth-order valence-corrected chi connectivity index (χ4v) is 1.90. The first-order valence-corrected chi connectivity index (χ1v) is 5.57. The fraction of sp³-hybridized carbons (Fsp3) is 0. The van der Waals surface area contributed by atoms with Gasteiger partial charge in [0.2, 0.25) is 0 Å². The lowest BCUT2D eigenvalue weighted by Crippen LogP contribution is -1.93. The van der Waals surface area contributed by atoms with Crippen LogP contribution in [-0.2, 0) is 0 Å². The third-order valence-electron chi connectivity index (χ3n) is 2.16. The zero-order chi connectivity index (χ0) is 11.7. The third kappa shape index (κ3) is 2.07. The van der Waals surface area contributed by atoms with E-state index in [1.807, 2.05) is 22.6 Å². The Morgan fingerprint density at radius 3 is 2.00 bits per heavy atom. The quantitative estimate of drug-likeness (QED) is 0.679. The minimum Gasteiger partial charge on any atom is -0.206 e. The van der Waals surface area contributed by atoms with Crippen LogP contribution in [0.2, 0.25) is 0 Å². The molecule has 82 valence electrons. The third-order valence-corrected chi connectivity index (χ3v) is 2.83. The van der Waals surface area contributed by atoms with E-state index in [-0.39, 0.29) is 11.1 Å². The predicted molar refractivity (Wildman–Crippen MR) is 64.5 cm³/mol. The molecule has 0 nitrogen and oxygen atoms in total. The van der Waals surface area contributed by atoms with Crippen molar-refractivity contribution in [3.63, 3.8) is 0 Å². The van der Waals surface area contributed by atoms with Crippen LogP contribution in [0.25, 0.3) is 11.1 Å². The van der Waals surface area contributed by atoms with E-state index in [1.54, 1.807) is 6.07 Å². The molecule has 4 heteroatoms. The minimum absolute atomic E-state index is 0.0592. The Morgan fingerprint density at radius 2 is 1.44 bits per heavy atom. The van der Waals surface area contributed by atoms with Crippen molar-refractivity contribution in [2.75, 3.05) is 0 Å². The van der Waals surface area contributed by atoms with Gasteiger partial charge in [0, 0.05) is 9.13 Å². The topological polar surface area (TPSA) is 0 Å². The molecule has 2 rings (SSSR count). The highest BCUT2D eigenvalue weighted by atomic mass is 127. The largest absolute Gasteiger partial charge is 0.206 e. The van der Waals surface area contributed by atoms with E-state index in [0.717, 1.165) is 12.1 Å². The molecule has 0 bridgehead atoms. The molecule has 16 heavy (non-hydrogen) atoms. The Hall–Kier alpha value is -1.04. The van der Waals surface area contributed by atoms with Gasteiger partial charge in [0.15, 0.2) is 0 Å². The summed E-state index contributed by atoms with van der Waals surface area (Å²) in [6, 6.07) is 7.68. The molecule has 0 aliphatic heterocycles. The number of rotatable bonds is 1. The van der Waals surface area contributed by atoms with Gasteiger partial charge < -0.3 is 0 Å². The van der Waals surface area contributed by atoms with Gasteiger partial charge in [-0.1, -0.05) is 12.1 Å². The van der Waals surface area contributed by atoms with E-state index in [1.165, 1.54) is 18.2 Å². The molecule has 0 saturated heterocycles. The summed E-state index contributed by atoms with van der Waals surface area (Å²) >= 11 is 1.93. The van der Waals surface area contributed by atoms with E-state index >= 15 is 0 Å². The minimum atomic E-state index is -0.764. The molecule has 0 radical (unpaired) electrons. The van der Waals surface area contributed by atoms with Crippen LogP contribution >= 0.6 is 22.6 Å². The van der Waals surface area contributed by atoms with Crippen molar-refractivity contribution in [3.8, 4) is 11.1 Å². The van der Waals surface area contributed by atoms with Crippen LogP contribution in [0.3, 0.4) is 0 Å². The maximum absolute atomic E-state index is 13.6. The summed E-state index contributed by atoms with van der Waals surface area (Å²) < 4.78 is 41.1. The van der Waals surface area contributed by atoms with Crippen molar-refractivity contribution in [2.24, 2.45) is 0 Å². The molecule has 0 aromatic heterocycles. The zero-order valence-electron chi connectivity index (χ0n) is 7.98. The molecule has 0 atom stereocenters. The molecule has 2 aromatic carbocycles. The summed E-state index contributed by atoms with van der Waals surface area (Å²) in [4.78, 5) is 0. The van der Waals surface area contributed by atoms with Crippen molar-refractivity contribution in [1.82, 2.24) is 0 Å². The van der Waals surface area contributed by atoms with E-state index < -0.39 is 17.5 Å². The van der Waals surface area contributed by atoms with Crippen molar-refractivity contribution < 1.29 is 13.2 Å². The smallest absolute Gasteiger partial charge is 0.134 e. The molecule has 0 unspecified atom stereocenters. The monoisotopic (exact) mass is 334 g/mol. The normalized spacial score (nSPS) is 10.5. The van der Waals surface area contributed by atoms with Crippen molar-refractivity contribution in [1.29, 1.82) is 0 Å². The van der Waals surface area contributed by atoms with Crippen LogP contribution in [0.4, 0.5) is 13.2 Å². The van der Waals surface area contributed by atoms with Gasteiger partial charge in [0.05, 0.1) is 5.56 Å². The Bertz CT molecular complexity index is 518. The van der Waals surface area contributed by atoms with Crippen molar-refractivity contribution in [2.45, 2.75) is 0 Å². The number of hydrogen-bond donors (Lipinski definition) is 0. The molecule has 0 heterocycles. The lowest BCUT2D eigenvalue weighted by atomic mass is 10.0. The molecule has 0 aliphatic rings. The fourth-order valence-electron chi connectivity index (χ4n) is 1.45. The van der Waals surface area contributed by atoms with Crippen LogP contribution in [-0.4, -0.2) is 0 Å². The predicted octanol–water partition coefficient (Wildman–Crippen LogP) is 4.38. The summed E-state index contributed by atoms with van der Waals surface area (Å²) in [6.07, 6.45) is 0. The van der Waals surface area contributed by atoms with Gasteiger partial charge in [-0.3, -0.25) is 0 Å². The second-order valence-electron chi connectivity index (χ2n) is 3.22. The lowest BCUT2D eigenvalue weighted by molar-refractivity contribution is 0.582. The Labute approximate surface area is 104 Å². The van der Waals surface area contributed by atoms with Crippen LogP contribution in [0.15, 0.2) is 36.4 Å². The van der Waals surface area contributed by atoms with E-state index in [0.29, 0.717) is 3.57 Å². The summed E-state index contributed by atoms with van der Waals surface area (Å²) in [6.45, 7) is 0. The maximum atomic E-state index is 13.6. The van der Waals surface area contributed by atoms with Gasteiger partial charge in [-0.25, -0.2) is 13.2 Å².